The number of phenols is 1. The van der Waals surface area contributed by atoms with Crippen molar-refractivity contribution in [2.24, 2.45) is 0 Å². The van der Waals surface area contributed by atoms with E-state index in [1.165, 1.54) is 48.9 Å². The molecule has 0 bridgehead atoms. The Labute approximate surface area is 332 Å². The molecule has 10 nitrogen and oxygen atoms in total. The number of benzene rings is 4. The molecular weight excluding hydrogens is 721 g/mol. The van der Waals surface area contributed by atoms with Crippen molar-refractivity contribution in [3.05, 3.63) is 96.1 Å². The summed E-state index contributed by atoms with van der Waals surface area (Å²) in [6.07, 6.45) is 12.0. The van der Waals surface area contributed by atoms with E-state index in [0.29, 0.717) is 24.2 Å². The van der Waals surface area contributed by atoms with Gasteiger partial charge in [0.05, 0.1) is 4.90 Å². The van der Waals surface area contributed by atoms with Gasteiger partial charge in [-0.2, -0.15) is 8.42 Å². The van der Waals surface area contributed by atoms with Crippen LogP contribution in [0.3, 0.4) is 0 Å². The number of ether oxygens (including phenoxy) is 2. The number of aryl methyl sites for hydroxylation is 2. The van der Waals surface area contributed by atoms with Crippen LogP contribution in [0.4, 0.5) is 0 Å². The van der Waals surface area contributed by atoms with Gasteiger partial charge in [0.2, 0.25) is 0 Å². The molecule has 4 rings (SSSR count). The number of para-hydroxylation sites is 2. The van der Waals surface area contributed by atoms with Crippen molar-refractivity contribution in [2.45, 2.75) is 101 Å². The Balaban J connectivity index is 0.000000347. The van der Waals surface area contributed by atoms with Crippen molar-refractivity contribution >= 4 is 58.0 Å². The Morgan fingerprint density at radius 1 is 0.608 bits per heavy atom. The van der Waals surface area contributed by atoms with Crippen LogP contribution in [0.15, 0.2) is 94.7 Å². The van der Waals surface area contributed by atoms with Gasteiger partial charge in [-0.25, -0.2) is 8.42 Å². The first kappa shape index (κ1) is 44.3. The molecule has 272 valence electrons. The molecule has 0 aliphatic rings. The third kappa shape index (κ3) is 15.3. The second kappa shape index (κ2) is 22.3. The summed E-state index contributed by atoms with van der Waals surface area (Å²) in [6.45, 7) is 4.29. The van der Waals surface area contributed by atoms with Crippen molar-refractivity contribution in [1.29, 1.82) is 0 Å². The van der Waals surface area contributed by atoms with Crippen LogP contribution in [-0.4, -0.2) is 68.8 Å². The molecule has 4 aromatic carbocycles. The molecule has 0 fully saturated rings. The maximum absolute atomic E-state index is 11.7. The van der Waals surface area contributed by atoms with Gasteiger partial charge in [0, 0.05) is 6.07 Å². The summed E-state index contributed by atoms with van der Waals surface area (Å²) in [5.41, 5.74) is 1.37. The van der Waals surface area contributed by atoms with Crippen molar-refractivity contribution in [3.63, 3.8) is 0 Å². The van der Waals surface area contributed by atoms with Crippen LogP contribution < -0.4 is 14.6 Å². The number of phenolic OH excluding ortho intramolecular Hbond substituents is 1. The summed E-state index contributed by atoms with van der Waals surface area (Å²) in [5.74, 6) is 0.438. The SMILES string of the molecule is CCCCCCCc1cccc(S(=O)(=O)O)c1Oc1cccc(O)c1.CCCCCCCc1cccc(S(=O)(=O)[O-])c1Oc1cccc([O-])c1.[Ca+2]. The molecular formula is C38H46CaO10S2. The number of unbranched alkanes of at least 4 members (excludes halogenated alkanes) is 8. The van der Waals surface area contributed by atoms with Gasteiger partial charge in [-0.15, -0.1) is 5.75 Å². The minimum Gasteiger partial charge on any atom is -0.872 e. The number of hydrogen-bond acceptors (Lipinski definition) is 9. The van der Waals surface area contributed by atoms with Gasteiger partial charge >= 0.3 is 37.7 Å². The van der Waals surface area contributed by atoms with Gasteiger partial charge < -0.3 is 24.2 Å². The molecule has 0 aromatic heterocycles. The molecule has 0 atom stereocenters. The standard InChI is InChI=1S/2C19H24O5S.Ca/c2*1-2-3-4-5-6-9-15-10-7-13-18(25(21,22)23)19(15)24-17-12-8-11-16(20)14-17;/h2*7-8,10-14,20H,2-6,9H2,1H3,(H,21,22,23);/q;;+2/p-2. The summed E-state index contributed by atoms with van der Waals surface area (Å²) in [7, 11) is -9.09. The zero-order chi connectivity index (χ0) is 36.6. The Morgan fingerprint density at radius 3 is 1.53 bits per heavy atom. The quantitative estimate of drug-likeness (QED) is 0.0568. The average molecular weight is 767 g/mol. The minimum absolute atomic E-state index is 0. The summed E-state index contributed by atoms with van der Waals surface area (Å²) in [5, 5.41) is 21.0. The van der Waals surface area contributed by atoms with E-state index in [1.807, 2.05) is 0 Å². The van der Waals surface area contributed by atoms with E-state index in [4.69, 9.17) is 9.47 Å². The fourth-order valence-electron chi connectivity index (χ4n) is 5.31. The minimum atomic E-state index is -4.68. The van der Waals surface area contributed by atoms with Crippen LogP contribution in [0, 0.1) is 0 Å². The van der Waals surface area contributed by atoms with Crippen molar-refractivity contribution in [2.75, 3.05) is 0 Å². The molecule has 0 radical (unpaired) electrons. The summed E-state index contributed by atoms with van der Waals surface area (Å²) in [4.78, 5) is -0.656. The van der Waals surface area contributed by atoms with E-state index in [0.717, 1.165) is 63.4 Å². The van der Waals surface area contributed by atoms with E-state index < -0.39 is 25.1 Å². The zero-order valence-corrected chi connectivity index (χ0v) is 33.1. The Bertz CT molecular complexity index is 1740. The molecule has 2 N–H and O–H groups in total. The molecule has 0 aliphatic carbocycles. The third-order valence-electron chi connectivity index (χ3n) is 7.83. The topological polar surface area (TPSA) is 173 Å². The third-order valence-corrected chi connectivity index (χ3v) is 9.57. The second-order valence-electron chi connectivity index (χ2n) is 11.9. The van der Waals surface area contributed by atoms with Gasteiger partial charge in [-0.1, -0.05) is 108 Å². The second-order valence-corrected chi connectivity index (χ2v) is 14.7. The van der Waals surface area contributed by atoms with E-state index in [-0.39, 0.29) is 71.4 Å². The van der Waals surface area contributed by atoms with Gasteiger partial charge in [0.1, 0.15) is 38.0 Å². The fourth-order valence-corrected chi connectivity index (χ4v) is 6.61. The molecule has 0 saturated heterocycles. The molecule has 0 heterocycles. The van der Waals surface area contributed by atoms with Crippen molar-refractivity contribution < 1.29 is 45.6 Å². The van der Waals surface area contributed by atoms with Crippen molar-refractivity contribution in [1.82, 2.24) is 0 Å². The van der Waals surface area contributed by atoms with Crippen LogP contribution in [-0.2, 0) is 33.1 Å². The zero-order valence-electron chi connectivity index (χ0n) is 29.3. The fraction of sp³-hybridized carbons (Fsp3) is 0.368. The molecule has 0 aliphatic heterocycles. The first-order valence-electron chi connectivity index (χ1n) is 16.9. The maximum Gasteiger partial charge on any atom is 2.00 e. The molecule has 0 saturated carbocycles. The Morgan fingerprint density at radius 2 is 1.06 bits per heavy atom. The monoisotopic (exact) mass is 766 g/mol. The Hall–Kier alpha value is -2.84. The van der Waals surface area contributed by atoms with E-state index in [1.54, 1.807) is 42.5 Å². The van der Waals surface area contributed by atoms with Gasteiger partial charge in [-0.05, 0) is 73.2 Å². The molecule has 51 heavy (non-hydrogen) atoms. The van der Waals surface area contributed by atoms with Crippen molar-refractivity contribution in [3.8, 4) is 34.5 Å². The first-order chi connectivity index (χ1) is 23.8. The van der Waals surface area contributed by atoms with Gasteiger partial charge in [0.15, 0.2) is 5.75 Å². The summed E-state index contributed by atoms with van der Waals surface area (Å²) < 4.78 is 79.0. The predicted octanol–water partition coefficient (Wildman–Crippen LogP) is 8.53. The largest absolute Gasteiger partial charge is 2.00 e. The number of hydrogen-bond donors (Lipinski definition) is 2. The molecule has 0 unspecified atom stereocenters. The average Bonchev–Trinajstić information content (AvgIpc) is 3.05. The summed E-state index contributed by atoms with van der Waals surface area (Å²) in [6, 6.07) is 21.1. The smallest absolute Gasteiger partial charge is 0.872 e. The summed E-state index contributed by atoms with van der Waals surface area (Å²) >= 11 is 0. The van der Waals surface area contributed by atoms with Gasteiger partial charge in [0.25, 0.3) is 10.1 Å². The first-order valence-corrected chi connectivity index (χ1v) is 19.8. The maximum atomic E-state index is 11.7. The normalized spacial score (nSPS) is 11.2. The molecule has 0 amide bonds. The number of aromatic hydroxyl groups is 1. The van der Waals surface area contributed by atoms with E-state index in [9.17, 15) is 36.2 Å². The van der Waals surface area contributed by atoms with Crippen LogP contribution in [0.5, 0.6) is 34.5 Å². The predicted molar refractivity (Wildman–Crippen MR) is 195 cm³/mol. The van der Waals surface area contributed by atoms with E-state index >= 15 is 0 Å². The molecule has 0 spiro atoms. The van der Waals surface area contributed by atoms with Crippen LogP contribution >= 0.6 is 0 Å². The van der Waals surface area contributed by atoms with Gasteiger partial charge in [-0.3, -0.25) is 4.55 Å². The van der Waals surface area contributed by atoms with Crippen LogP contribution in [0.25, 0.3) is 0 Å². The molecule has 4 aromatic rings. The van der Waals surface area contributed by atoms with Crippen LogP contribution in [0.2, 0.25) is 0 Å². The molecule has 13 heteroatoms. The van der Waals surface area contributed by atoms with E-state index in [2.05, 4.69) is 13.8 Å². The number of rotatable bonds is 18. The Kier molecular flexibility index (Phi) is 19.4. The van der Waals surface area contributed by atoms with Crippen LogP contribution in [0.1, 0.15) is 89.2 Å².